The number of para-hydroxylation sites is 1. The molecule has 0 aliphatic carbocycles. The average molecular weight is 187 g/mol. The highest BCUT2D eigenvalue weighted by atomic mass is 16.3. The lowest BCUT2D eigenvalue weighted by molar-refractivity contribution is 0.435. The minimum Gasteiger partial charge on any atom is -0.494 e. The van der Waals surface area contributed by atoms with Gasteiger partial charge in [0.05, 0.1) is 5.69 Å². The maximum atomic E-state index is 11.4. The van der Waals surface area contributed by atoms with Crippen LogP contribution in [-0.2, 0) is 0 Å². The van der Waals surface area contributed by atoms with Gasteiger partial charge in [0.2, 0.25) is 0 Å². The normalized spacial score (nSPS) is 10.0. The van der Waals surface area contributed by atoms with E-state index in [-0.39, 0.29) is 11.4 Å². The van der Waals surface area contributed by atoms with Gasteiger partial charge in [-0.3, -0.25) is 4.79 Å². The van der Waals surface area contributed by atoms with Crippen molar-refractivity contribution in [2.75, 3.05) is 0 Å². The summed E-state index contributed by atoms with van der Waals surface area (Å²) >= 11 is 0. The Hall–Kier alpha value is -2.03. The van der Waals surface area contributed by atoms with Crippen molar-refractivity contribution in [2.24, 2.45) is 0 Å². The number of pyridine rings is 1. The Balaban J connectivity index is 2.69. The highest BCUT2D eigenvalue weighted by Gasteiger charge is 2.02. The summed E-state index contributed by atoms with van der Waals surface area (Å²) in [7, 11) is 0. The van der Waals surface area contributed by atoms with E-state index in [9.17, 15) is 9.90 Å². The lowest BCUT2D eigenvalue weighted by Crippen LogP contribution is -2.16. The number of hydrogen-bond donors (Lipinski definition) is 1. The molecule has 0 saturated carbocycles. The molecule has 1 N–H and O–H groups in total. The van der Waals surface area contributed by atoms with Gasteiger partial charge in [-0.2, -0.15) is 0 Å². The van der Waals surface area contributed by atoms with Crippen LogP contribution in [0.5, 0.6) is 5.88 Å². The van der Waals surface area contributed by atoms with E-state index in [0.29, 0.717) is 5.69 Å². The molecule has 1 heterocycles. The van der Waals surface area contributed by atoms with Crippen LogP contribution in [0.3, 0.4) is 0 Å². The number of aromatic nitrogens is 1. The zero-order valence-electron chi connectivity index (χ0n) is 7.42. The summed E-state index contributed by atoms with van der Waals surface area (Å²) < 4.78 is 1.25. The number of aromatic hydroxyl groups is 1. The summed E-state index contributed by atoms with van der Waals surface area (Å²) in [6, 6.07) is 13.4. The van der Waals surface area contributed by atoms with E-state index in [1.54, 1.807) is 12.1 Å². The molecular formula is C11H9NO2. The van der Waals surface area contributed by atoms with Gasteiger partial charge in [-0.15, -0.1) is 0 Å². The van der Waals surface area contributed by atoms with Crippen molar-refractivity contribution in [1.82, 2.24) is 4.57 Å². The zero-order valence-corrected chi connectivity index (χ0v) is 7.42. The molecule has 3 nitrogen and oxygen atoms in total. The Kier molecular flexibility index (Phi) is 2.07. The Labute approximate surface area is 80.9 Å². The molecule has 0 saturated heterocycles. The monoisotopic (exact) mass is 187 g/mol. The quantitative estimate of drug-likeness (QED) is 0.735. The molecular weight excluding hydrogens is 178 g/mol. The molecule has 14 heavy (non-hydrogen) atoms. The van der Waals surface area contributed by atoms with Gasteiger partial charge in [0, 0.05) is 6.07 Å². The van der Waals surface area contributed by atoms with Gasteiger partial charge in [0.15, 0.2) is 5.88 Å². The van der Waals surface area contributed by atoms with Crippen LogP contribution in [0.25, 0.3) is 5.69 Å². The van der Waals surface area contributed by atoms with Crippen molar-refractivity contribution < 1.29 is 5.11 Å². The third kappa shape index (κ3) is 1.40. The van der Waals surface area contributed by atoms with Gasteiger partial charge in [-0.25, -0.2) is 4.57 Å². The summed E-state index contributed by atoms with van der Waals surface area (Å²) in [6.45, 7) is 0. The summed E-state index contributed by atoms with van der Waals surface area (Å²) in [4.78, 5) is 11.4. The van der Waals surface area contributed by atoms with E-state index in [4.69, 9.17) is 0 Å². The van der Waals surface area contributed by atoms with Crippen molar-refractivity contribution in [1.29, 1.82) is 0 Å². The predicted octanol–water partition coefficient (Wildman–Crippen LogP) is 1.54. The maximum absolute atomic E-state index is 11.4. The van der Waals surface area contributed by atoms with Gasteiger partial charge in [-0.05, 0) is 18.2 Å². The first-order valence-corrected chi connectivity index (χ1v) is 4.25. The average Bonchev–Trinajstić information content (AvgIpc) is 2.19. The zero-order chi connectivity index (χ0) is 9.97. The van der Waals surface area contributed by atoms with Crippen LogP contribution in [0.4, 0.5) is 0 Å². The first kappa shape index (κ1) is 8.56. The third-order valence-corrected chi connectivity index (χ3v) is 1.95. The van der Waals surface area contributed by atoms with Crippen LogP contribution >= 0.6 is 0 Å². The van der Waals surface area contributed by atoms with E-state index in [1.807, 2.05) is 18.2 Å². The lowest BCUT2D eigenvalue weighted by atomic mass is 10.3. The minimum atomic E-state index is -0.240. The Morgan fingerprint density at radius 1 is 0.929 bits per heavy atom. The fourth-order valence-corrected chi connectivity index (χ4v) is 1.32. The van der Waals surface area contributed by atoms with Crippen LogP contribution in [0, 0.1) is 0 Å². The molecule has 0 aliphatic rings. The number of benzene rings is 1. The molecule has 0 aliphatic heterocycles. The van der Waals surface area contributed by atoms with Gasteiger partial charge in [0.1, 0.15) is 0 Å². The van der Waals surface area contributed by atoms with Crippen LogP contribution in [0.1, 0.15) is 0 Å². The molecule has 1 aromatic carbocycles. The van der Waals surface area contributed by atoms with E-state index in [2.05, 4.69) is 0 Å². The molecule has 2 rings (SSSR count). The van der Waals surface area contributed by atoms with Crippen molar-refractivity contribution in [3.8, 4) is 11.6 Å². The van der Waals surface area contributed by atoms with Crippen molar-refractivity contribution in [2.45, 2.75) is 0 Å². The topological polar surface area (TPSA) is 42.2 Å². The third-order valence-electron chi connectivity index (χ3n) is 1.95. The summed E-state index contributed by atoms with van der Waals surface area (Å²) in [5.41, 5.74) is 0.423. The lowest BCUT2D eigenvalue weighted by Gasteiger charge is -2.06. The second-order valence-corrected chi connectivity index (χ2v) is 2.89. The molecule has 3 heteroatoms. The largest absolute Gasteiger partial charge is 0.494 e. The van der Waals surface area contributed by atoms with Crippen molar-refractivity contribution in [3.05, 3.63) is 58.9 Å². The van der Waals surface area contributed by atoms with E-state index >= 15 is 0 Å². The van der Waals surface area contributed by atoms with Crippen LogP contribution in [0.15, 0.2) is 53.3 Å². The summed E-state index contributed by atoms with van der Waals surface area (Å²) in [6.07, 6.45) is 0. The van der Waals surface area contributed by atoms with E-state index < -0.39 is 0 Å². The second-order valence-electron chi connectivity index (χ2n) is 2.89. The molecule has 0 unspecified atom stereocenters. The van der Waals surface area contributed by atoms with E-state index in [0.717, 1.165) is 0 Å². The first-order chi connectivity index (χ1) is 6.79. The molecule has 0 radical (unpaired) electrons. The molecule has 1 aromatic heterocycles. The molecule has 0 amide bonds. The fraction of sp³-hybridized carbons (Fsp3) is 0. The highest BCUT2D eigenvalue weighted by Crippen LogP contribution is 2.12. The molecule has 0 bridgehead atoms. The molecule has 0 spiro atoms. The van der Waals surface area contributed by atoms with Gasteiger partial charge in [0.25, 0.3) is 5.56 Å². The highest BCUT2D eigenvalue weighted by molar-refractivity contribution is 5.35. The molecule has 70 valence electrons. The van der Waals surface area contributed by atoms with Crippen LogP contribution < -0.4 is 5.56 Å². The standard InChI is InChI=1S/C11H9NO2/c13-10-7-4-8-11(14)12(10)9-5-2-1-3-6-9/h1-8,13H. The predicted molar refractivity (Wildman–Crippen MR) is 53.7 cm³/mol. The number of hydrogen-bond acceptors (Lipinski definition) is 2. The van der Waals surface area contributed by atoms with Gasteiger partial charge < -0.3 is 5.11 Å². The van der Waals surface area contributed by atoms with Gasteiger partial charge in [-0.1, -0.05) is 24.3 Å². The Morgan fingerprint density at radius 3 is 2.29 bits per heavy atom. The molecule has 0 fully saturated rings. The fourth-order valence-electron chi connectivity index (χ4n) is 1.32. The van der Waals surface area contributed by atoms with E-state index in [1.165, 1.54) is 22.8 Å². The van der Waals surface area contributed by atoms with Crippen LogP contribution in [-0.4, -0.2) is 9.67 Å². The Morgan fingerprint density at radius 2 is 1.64 bits per heavy atom. The number of rotatable bonds is 1. The molecule has 0 atom stereocenters. The first-order valence-electron chi connectivity index (χ1n) is 4.25. The molecule has 2 aromatic rings. The SMILES string of the molecule is O=c1cccc(O)n1-c1ccccc1. The maximum Gasteiger partial charge on any atom is 0.257 e. The van der Waals surface area contributed by atoms with Gasteiger partial charge >= 0.3 is 0 Å². The second kappa shape index (κ2) is 3.38. The van der Waals surface area contributed by atoms with Crippen molar-refractivity contribution in [3.63, 3.8) is 0 Å². The Bertz CT molecular complexity index is 488. The van der Waals surface area contributed by atoms with Crippen LogP contribution in [0.2, 0.25) is 0 Å². The van der Waals surface area contributed by atoms with Crippen molar-refractivity contribution >= 4 is 0 Å². The summed E-state index contributed by atoms with van der Waals surface area (Å²) in [5.74, 6) is -0.0521. The summed E-state index contributed by atoms with van der Waals surface area (Å²) in [5, 5.41) is 9.51. The smallest absolute Gasteiger partial charge is 0.257 e. The minimum absolute atomic E-state index is 0.0521. The number of nitrogens with zero attached hydrogens (tertiary/aromatic N) is 1.